The van der Waals surface area contributed by atoms with Gasteiger partial charge in [-0.2, -0.15) is 0 Å². The van der Waals surface area contributed by atoms with Crippen molar-refractivity contribution in [1.29, 1.82) is 0 Å². The van der Waals surface area contributed by atoms with Gasteiger partial charge >= 0.3 is 0 Å². The maximum absolute atomic E-state index is 5.78. The highest BCUT2D eigenvalue weighted by atomic mass is 35.5. The number of hydrogen-bond acceptors (Lipinski definition) is 1. The zero-order chi connectivity index (χ0) is 7.84. The van der Waals surface area contributed by atoms with Crippen molar-refractivity contribution in [3.05, 3.63) is 33.8 Å². The lowest BCUT2D eigenvalue weighted by atomic mass is 10.2. The molecule has 0 amide bonds. The first-order chi connectivity index (χ1) is 5.25. The molecule has 1 fully saturated rings. The molecular weight excluding hydrogens is 183 g/mol. The number of halogens is 2. The van der Waals surface area contributed by atoms with E-state index >= 15 is 0 Å². The van der Waals surface area contributed by atoms with Gasteiger partial charge in [0.2, 0.25) is 0 Å². The van der Waals surface area contributed by atoms with Crippen LogP contribution in [0.1, 0.15) is 11.7 Å². The average molecular weight is 189 g/mol. The summed E-state index contributed by atoms with van der Waals surface area (Å²) in [6.45, 7) is 0.788. The topological polar surface area (TPSA) is 12.5 Å². The second-order valence-electron chi connectivity index (χ2n) is 2.52. The fourth-order valence-corrected chi connectivity index (χ4v) is 1.54. The Morgan fingerprint density at radius 1 is 1.18 bits per heavy atom. The van der Waals surface area contributed by atoms with Gasteiger partial charge in [0.1, 0.15) is 6.10 Å². The minimum atomic E-state index is 0.228. The van der Waals surface area contributed by atoms with Gasteiger partial charge in [0.15, 0.2) is 0 Å². The number of hydrogen-bond donors (Lipinski definition) is 0. The standard InChI is InChI=1S/C8H6Cl2O/c9-6-1-5(8-4-11-8)2-7(10)3-6/h1-3,8H,4H2/t8-/m1/s1. The van der Waals surface area contributed by atoms with Crippen LogP contribution in [0.5, 0.6) is 0 Å². The van der Waals surface area contributed by atoms with Crippen LogP contribution in [-0.4, -0.2) is 6.61 Å². The molecule has 0 aliphatic carbocycles. The van der Waals surface area contributed by atoms with Crippen molar-refractivity contribution < 1.29 is 4.74 Å². The van der Waals surface area contributed by atoms with E-state index in [0.29, 0.717) is 10.0 Å². The Labute approximate surface area is 74.9 Å². The molecule has 1 heterocycles. The summed E-state index contributed by atoms with van der Waals surface area (Å²) in [5.74, 6) is 0. The van der Waals surface area contributed by atoms with Crippen molar-refractivity contribution in [2.24, 2.45) is 0 Å². The monoisotopic (exact) mass is 188 g/mol. The third-order valence-electron chi connectivity index (χ3n) is 1.59. The summed E-state index contributed by atoms with van der Waals surface area (Å²) in [7, 11) is 0. The van der Waals surface area contributed by atoms with Gasteiger partial charge in [-0.15, -0.1) is 0 Å². The quantitative estimate of drug-likeness (QED) is 0.618. The van der Waals surface area contributed by atoms with Crippen LogP contribution in [0.3, 0.4) is 0 Å². The predicted octanol–water partition coefficient (Wildman–Crippen LogP) is 3.06. The Balaban J connectivity index is 2.39. The molecule has 1 aliphatic rings. The molecule has 1 nitrogen and oxygen atoms in total. The van der Waals surface area contributed by atoms with Crippen molar-refractivity contribution in [3.8, 4) is 0 Å². The van der Waals surface area contributed by atoms with Gasteiger partial charge in [0, 0.05) is 10.0 Å². The van der Waals surface area contributed by atoms with Gasteiger partial charge in [-0.1, -0.05) is 23.2 Å². The van der Waals surface area contributed by atoms with E-state index in [1.54, 1.807) is 6.07 Å². The molecule has 0 bridgehead atoms. The van der Waals surface area contributed by atoms with E-state index < -0.39 is 0 Å². The van der Waals surface area contributed by atoms with Crippen molar-refractivity contribution in [2.45, 2.75) is 6.10 Å². The molecule has 1 saturated heterocycles. The number of rotatable bonds is 1. The van der Waals surface area contributed by atoms with Crippen LogP contribution in [0, 0.1) is 0 Å². The van der Waals surface area contributed by atoms with Gasteiger partial charge in [0.05, 0.1) is 6.61 Å². The van der Waals surface area contributed by atoms with E-state index in [4.69, 9.17) is 27.9 Å². The number of ether oxygens (including phenoxy) is 1. The molecule has 1 atom stereocenters. The second-order valence-corrected chi connectivity index (χ2v) is 3.40. The van der Waals surface area contributed by atoms with E-state index in [-0.39, 0.29) is 6.10 Å². The Morgan fingerprint density at radius 3 is 2.18 bits per heavy atom. The first-order valence-corrected chi connectivity index (χ1v) is 4.09. The molecule has 2 rings (SSSR count). The van der Waals surface area contributed by atoms with Gasteiger partial charge in [-0.25, -0.2) is 0 Å². The van der Waals surface area contributed by atoms with Crippen molar-refractivity contribution in [1.82, 2.24) is 0 Å². The zero-order valence-electron chi connectivity index (χ0n) is 5.68. The van der Waals surface area contributed by atoms with Crippen LogP contribution < -0.4 is 0 Å². The molecule has 58 valence electrons. The molecule has 3 heteroatoms. The van der Waals surface area contributed by atoms with Crippen LogP contribution in [0.15, 0.2) is 18.2 Å². The lowest BCUT2D eigenvalue weighted by molar-refractivity contribution is 0.415. The van der Waals surface area contributed by atoms with Gasteiger partial charge in [-0.05, 0) is 23.8 Å². The third kappa shape index (κ3) is 1.67. The van der Waals surface area contributed by atoms with Gasteiger partial charge in [-0.3, -0.25) is 0 Å². The molecule has 1 aromatic carbocycles. The summed E-state index contributed by atoms with van der Waals surface area (Å²) < 4.78 is 5.09. The molecule has 0 N–H and O–H groups in total. The first kappa shape index (κ1) is 7.41. The van der Waals surface area contributed by atoms with Crippen LogP contribution in [0.25, 0.3) is 0 Å². The fraction of sp³-hybridized carbons (Fsp3) is 0.250. The summed E-state index contributed by atoms with van der Waals surface area (Å²) in [5, 5.41) is 1.34. The van der Waals surface area contributed by atoms with E-state index in [1.807, 2.05) is 12.1 Å². The Hall–Kier alpha value is -0.240. The molecule has 0 aromatic heterocycles. The van der Waals surface area contributed by atoms with E-state index in [9.17, 15) is 0 Å². The fourth-order valence-electron chi connectivity index (χ4n) is 1.00. The molecule has 0 saturated carbocycles. The average Bonchev–Trinajstić information content (AvgIpc) is 2.64. The molecule has 0 spiro atoms. The summed E-state index contributed by atoms with van der Waals surface area (Å²) >= 11 is 11.6. The SMILES string of the molecule is Clc1cc(Cl)cc([C@H]2CO2)c1. The van der Waals surface area contributed by atoms with Crippen LogP contribution in [0.2, 0.25) is 10.0 Å². The van der Waals surface area contributed by atoms with E-state index in [2.05, 4.69) is 0 Å². The molecule has 11 heavy (non-hydrogen) atoms. The zero-order valence-corrected chi connectivity index (χ0v) is 7.19. The predicted molar refractivity (Wildman–Crippen MR) is 45.2 cm³/mol. The first-order valence-electron chi connectivity index (χ1n) is 3.33. The smallest absolute Gasteiger partial charge is 0.106 e. The summed E-state index contributed by atoms with van der Waals surface area (Å²) in [6.07, 6.45) is 0.228. The molecule has 0 radical (unpaired) electrons. The van der Waals surface area contributed by atoms with Crippen LogP contribution in [0.4, 0.5) is 0 Å². The van der Waals surface area contributed by atoms with Crippen LogP contribution >= 0.6 is 23.2 Å². The minimum absolute atomic E-state index is 0.228. The summed E-state index contributed by atoms with van der Waals surface area (Å²) in [4.78, 5) is 0. The highest BCUT2D eigenvalue weighted by Crippen LogP contribution is 2.33. The summed E-state index contributed by atoms with van der Waals surface area (Å²) in [6, 6.07) is 5.48. The van der Waals surface area contributed by atoms with E-state index in [1.165, 1.54) is 0 Å². The Bertz CT molecular complexity index is 261. The lowest BCUT2D eigenvalue weighted by Gasteiger charge is -1.97. The van der Waals surface area contributed by atoms with Gasteiger partial charge < -0.3 is 4.74 Å². The van der Waals surface area contributed by atoms with Gasteiger partial charge in [0.25, 0.3) is 0 Å². The minimum Gasteiger partial charge on any atom is -0.368 e. The van der Waals surface area contributed by atoms with Crippen LogP contribution in [-0.2, 0) is 4.74 Å². The normalized spacial score (nSPS) is 21.8. The number of epoxide rings is 1. The Kier molecular flexibility index (Phi) is 1.80. The maximum Gasteiger partial charge on any atom is 0.106 e. The summed E-state index contributed by atoms with van der Waals surface area (Å²) in [5.41, 5.74) is 1.07. The second kappa shape index (κ2) is 2.67. The maximum atomic E-state index is 5.78. The molecule has 1 aromatic rings. The van der Waals surface area contributed by atoms with E-state index in [0.717, 1.165) is 12.2 Å². The lowest BCUT2D eigenvalue weighted by Crippen LogP contribution is -1.79. The molecular formula is C8H6Cl2O. The largest absolute Gasteiger partial charge is 0.368 e. The van der Waals surface area contributed by atoms with Crippen molar-refractivity contribution >= 4 is 23.2 Å². The number of benzene rings is 1. The molecule has 1 aliphatic heterocycles. The van der Waals surface area contributed by atoms with Crippen molar-refractivity contribution in [3.63, 3.8) is 0 Å². The van der Waals surface area contributed by atoms with Crippen molar-refractivity contribution in [2.75, 3.05) is 6.61 Å². The molecule has 0 unspecified atom stereocenters. The third-order valence-corrected chi connectivity index (χ3v) is 2.03. The Morgan fingerprint density at radius 2 is 1.73 bits per heavy atom. The highest BCUT2D eigenvalue weighted by molar-refractivity contribution is 6.34. The highest BCUT2D eigenvalue weighted by Gasteiger charge is 2.25.